The van der Waals surface area contributed by atoms with Gasteiger partial charge >= 0.3 is 0 Å². The van der Waals surface area contributed by atoms with Crippen molar-refractivity contribution in [2.24, 2.45) is 0 Å². The van der Waals surface area contributed by atoms with Gasteiger partial charge < -0.3 is 0 Å². The number of carbonyl (C=O) groups is 2. The summed E-state index contributed by atoms with van der Waals surface area (Å²) in [4.78, 5) is 23.3. The molecule has 0 saturated heterocycles. The average Bonchev–Trinajstić information content (AvgIpc) is 2.46. The first-order valence-electron chi connectivity index (χ1n) is 5.79. The highest BCUT2D eigenvalue weighted by atomic mass is 32.1. The van der Waals surface area contributed by atoms with E-state index in [1.54, 1.807) is 48.5 Å². The molecule has 0 radical (unpaired) electrons. The van der Waals surface area contributed by atoms with Crippen LogP contribution in [0.4, 0.5) is 5.69 Å². The van der Waals surface area contributed by atoms with Gasteiger partial charge in [-0.05, 0) is 43.3 Å². The Bertz CT molecular complexity index is 593. The van der Waals surface area contributed by atoms with Crippen LogP contribution in [0.15, 0.2) is 54.6 Å². The van der Waals surface area contributed by atoms with Crippen LogP contribution >= 0.6 is 12.8 Å². The van der Waals surface area contributed by atoms with Crippen molar-refractivity contribution in [3.8, 4) is 0 Å². The highest BCUT2D eigenvalue weighted by molar-refractivity contribution is 7.82. The van der Waals surface area contributed by atoms with E-state index in [0.29, 0.717) is 16.8 Å². The molecule has 0 unspecified atom stereocenters. The van der Waals surface area contributed by atoms with Crippen molar-refractivity contribution >= 4 is 30.2 Å². The van der Waals surface area contributed by atoms with Crippen LogP contribution in [0.5, 0.6) is 0 Å². The second kappa shape index (κ2) is 5.71. The highest BCUT2D eigenvalue weighted by Gasteiger charge is 2.14. The summed E-state index contributed by atoms with van der Waals surface area (Å²) in [6.45, 7) is 1.50. The lowest BCUT2D eigenvalue weighted by Crippen LogP contribution is -2.20. The van der Waals surface area contributed by atoms with Gasteiger partial charge in [0, 0.05) is 11.1 Å². The number of rotatable bonds is 3. The van der Waals surface area contributed by atoms with Crippen LogP contribution in [0.3, 0.4) is 0 Å². The molecule has 0 aromatic heterocycles. The Balaban J connectivity index is 2.22. The molecule has 2 rings (SSSR count). The molecular formula is C15H13NO2S. The van der Waals surface area contributed by atoms with Gasteiger partial charge in [0.15, 0.2) is 5.78 Å². The Labute approximate surface area is 117 Å². The third-order valence-electron chi connectivity index (χ3n) is 2.73. The predicted molar refractivity (Wildman–Crippen MR) is 78.7 cm³/mol. The molecule has 0 fully saturated rings. The number of benzene rings is 2. The largest absolute Gasteiger partial charge is 0.295 e. The Hall–Kier alpha value is -2.07. The maximum absolute atomic E-state index is 12.1. The van der Waals surface area contributed by atoms with Gasteiger partial charge in [-0.2, -0.15) is 0 Å². The number of hydrogen-bond acceptors (Lipinski definition) is 3. The monoisotopic (exact) mass is 271 g/mol. The fourth-order valence-corrected chi connectivity index (χ4v) is 1.91. The zero-order valence-corrected chi connectivity index (χ0v) is 11.3. The molecule has 2 aromatic rings. The molecule has 0 bridgehead atoms. The number of Topliss-reactive ketones (excluding diaryl/α,β-unsaturated/α-hetero) is 1. The first kappa shape index (κ1) is 13.4. The van der Waals surface area contributed by atoms with Gasteiger partial charge in [0.2, 0.25) is 0 Å². The molecule has 0 aliphatic rings. The molecule has 96 valence electrons. The van der Waals surface area contributed by atoms with Gasteiger partial charge in [-0.3, -0.25) is 13.9 Å². The lowest BCUT2D eigenvalue weighted by atomic mass is 10.1. The smallest absolute Gasteiger partial charge is 0.268 e. The number of amides is 1. The van der Waals surface area contributed by atoms with E-state index in [1.165, 1.54) is 11.2 Å². The number of anilines is 1. The quantitative estimate of drug-likeness (QED) is 0.686. The van der Waals surface area contributed by atoms with Gasteiger partial charge in [0.25, 0.3) is 5.91 Å². The van der Waals surface area contributed by atoms with E-state index in [-0.39, 0.29) is 11.7 Å². The van der Waals surface area contributed by atoms with Crippen molar-refractivity contribution in [2.45, 2.75) is 6.92 Å². The van der Waals surface area contributed by atoms with Gasteiger partial charge in [0.05, 0.1) is 5.69 Å². The minimum Gasteiger partial charge on any atom is -0.295 e. The summed E-state index contributed by atoms with van der Waals surface area (Å²) in [6, 6.07) is 15.7. The molecule has 0 atom stereocenters. The summed E-state index contributed by atoms with van der Waals surface area (Å²) in [6.07, 6.45) is 0. The van der Waals surface area contributed by atoms with E-state index in [4.69, 9.17) is 0 Å². The van der Waals surface area contributed by atoms with Crippen molar-refractivity contribution in [2.75, 3.05) is 4.31 Å². The summed E-state index contributed by atoms with van der Waals surface area (Å²) in [5.74, 6) is -0.217. The summed E-state index contributed by atoms with van der Waals surface area (Å²) in [5, 5.41) is 0. The summed E-state index contributed by atoms with van der Waals surface area (Å²) in [5.41, 5.74) is 1.80. The summed E-state index contributed by atoms with van der Waals surface area (Å²) < 4.78 is 1.26. The van der Waals surface area contributed by atoms with Gasteiger partial charge in [0.1, 0.15) is 0 Å². The SMILES string of the molecule is CC(=O)c1ccc(N(S)C(=O)c2ccccc2)cc1. The van der Waals surface area contributed by atoms with Crippen LogP contribution in [-0.2, 0) is 0 Å². The van der Waals surface area contributed by atoms with E-state index in [0.717, 1.165) is 0 Å². The fraction of sp³-hybridized carbons (Fsp3) is 0.0667. The molecule has 19 heavy (non-hydrogen) atoms. The first-order valence-corrected chi connectivity index (χ1v) is 6.19. The lowest BCUT2D eigenvalue weighted by molar-refractivity contribution is 0.100. The van der Waals surface area contributed by atoms with Crippen molar-refractivity contribution in [1.29, 1.82) is 0 Å². The molecule has 0 aliphatic carbocycles. The summed E-state index contributed by atoms with van der Waals surface area (Å²) in [7, 11) is 0. The molecule has 0 spiro atoms. The van der Waals surface area contributed by atoms with Gasteiger partial charge in [-0.15, -0.1) is 0 Å². The third kappa shape index (κ3) is 3.03. The normalized spacial score (nSPS) is 10.0. The van der Waals surface area contributed by atoms with Crippen LogP contribution in [0, 0.1) is 0 Å². The van der Waals surface area contributed by atoms with E-state index >= 15 is 0 Å². The summed E-state index contributed by atoms with van der Waals surface area (Å²) >= 11 is 4.21. The van der Waals surface area contributed by atoms with Crippen LogP contribution in [-0.4, -0.2) is 11.7 Å². The first-order chi connectivity index (χ1) is 9.09. The molecular weight excluding hydrogens is 258 g/mol. The minimum atomic E-state index is -0.209. The van der Waals surface area contributed by atoms with Crippen LogP contribution in [0.2, 0.25) is 0 Å². The molecule has 4 heteroatoms. The second-order valence-corrected chi connectivity index (χ2v) is 4.49. The third-order valence-corrected chi connectivity index (χ3v) is 3.14. The van der Waals surface area contributed by atoms with Crippen molar-refractivity contribution in [3.63, 3.8) is 0 Å². The number of ketones is 1. The molecule has 0 N–H and O–H groups in total. The molecule has 0 saturated carbocycles. The highest BCUT2D eigenvalue weighted by Crippen LogP contribution is 2.20. The predicted octanol–water partition coefficient (Wildman–Crippen LogP) is 3.38. The minimum absolute atomic E-state index is 0.00773. The second-order valence-electron chi connectivity index (χ2n) is 4.09. The maximum Gasteiger partial charge on any atom is 0.268 e. The van der Waals surface area contributed by atoms with E-state index < -0.39 is 0 Å². The van der Waals surface area contributed by atoms with Gasteiger partial charge in [-0.1, -0.05) is 31.0 Å². The molecule has 0 heterocycles. The molecule has 0 aliphatic heterocycles. The Morgan fingerprint density at radius 3 is 2.00 bits per heavy atom. The van der Waals surface area contributed by atoms with Crippen LogP contribution < -0.4 is 4.31 Å². The maximum atomic E-state index is 12.1. The van der Waals surface area contributed by atoms with E-state index in [9.17, 15) is 9.59 Å². The number of thiol groups is 1. The zero-order chi connectivity index (χ0) is 13.8. The standard InChI is InChI=1S/C15H13NO2S/c1-11(17)12-7-9-14(10-8-12)16(19)15(18)13-5-3-2-4-6-13/h2-10,19H,1H3. The van der Waals surface area contributed by atoms with Gasteiger partial charge in [-0.25, -0.2) is 0 Å². The Kier molecular flexibility index (Phi) is 4.02. The van der Waals surface area contributed by atoms with Crippen LogP contribution in [0.1, 0.15) is 27.6 Å². The zero-order valence-electron chi connectivity index (χ0n) is 10.4. The average molecular weight is 271 g/mol. The fourth-order valence-electron chi connectivity index (χ4n) is 1.66. The van der Waals surface area contributed by atoms with Crippen molar-refractivity contribution in [3.05, 3.63) is 65.7 Å². The van der Waals surface area contributed by atoms with E-state index in [2.05, 4.69) is 12.8 Å². The molecule has 1 amide bonds. The van der Waals surface area contributed by atoms with Crippen LogP contribution in [0.25, 0.3) is 0 Å². The van der Waals surface area contributed by atoms with Crippen molar-refractivity contribution in [1.82, 2.24) is 0 Å². The number of carbonyl (C=O) groups excluding carboxylic acids is 2. The number of hydrogen-bond donors (Lipinski definition) is 1. The van der Waals surface area contributed by atoms with E-state index in [1.807, 2.05) is 6.07 Å². The Morgan fingerprint density at radius 2 is 1.47 bits per heavy atom. The Morgan fingerprint density at radius 1 is 0.895 bits per heavy atom. The topological polar surface area (TPSA) is 37.4 Å². The molecule has 3 nitrogen and oxygen atoms in total. The lowest BCUT2D eigenvalue weighted by Gasteiger charge is -2.15. The van der Waals surface area contributed by atoms with Crippen molar-refractivity contribution < 1.29 is 9.59 Å². The molecule has 2 aromatic carbocycles. The number of nitrogens with zero attached hydrogens (tertiary/aromatic N) is 1.